The molecule has 1 heterocycles. The summed E-state index contributed by atoms with van der Waals surface area (Å²) in [6, 6.07) is 21.4. The normalized spacial score (nSPS) is 11.4. The van der Waals surface area contributed by atoms with Gasteiger partial charge in [0.05, 0.1) is 11.0 Å². The van der Waals surface area contributed by atoms with Crippen LogP contribution in [-0.2, 0) is 6.42 Å². The lowest BCUT2D eigenvalue weighted by Gasteiger charge is -2.12. The van der Waals surface area contributed by atoms with Crippen molar-refractivity contribution in [3.63, 3.8) is 0 Å². The van der Waals surface area contributed by atoms with E-state index in [1.165, 1.54) is 54.0 Å². The van der Waals surface area contributed by atoms with E-state index in [0.717, 1.165) is 23.3 Å². The van der Waals surface area contributed by atoms with Crippen molar-refractivity contribution in [2.24, 2.45) is 0 Å². The van der Waals surface area contributed by atoms with Crippen molar-refractivity contribution < 1.29 is 0 Å². The van der Waals surface area contributed by atoms with Crippen LogP contribution in [0, 0.1) is 0 Å². The van der Waals surface area contributed by atoms with Crippen molar-refractivity contribution in [2.45, 2.75) is 45.4 Å². The summed E-state index contributed by atoms with van der Waals surface area (Å²) >= 11 is 0. The second kappa shape index (κ2) is 7.74. The zero-order valence-corrected chi connectivity index (χ0v) is 15.5. The van der Waals surface area contributed by atoms with Crippen molar-refractivity contribution in [1.82, 2.24) is 9.97 Å². The van der Waals surface area contributed by atoms with E-state index in [2.05, 4.69) is 66.5 Å². The Balaban J connectivity index is 1.74. The molecule has 0 aliphatic carbocycles. The molecule has 0 unspecified atom stereocenters. The number of fused-ring (bicyclic) bond motifs is 2. The van der Waals surface area contributed by atoms with Crippen LogP contribution in [0.15, 0.2) is 60.7 Å². The van der Waals surface area contributed by atoms with Crippen LogP contribution in [0.2, 0.25) is 0 Å². The van der Waals surface area contributed by atoms with Crippen LogP contribution in [-0.4, -0.2) is 9.97 Å². The molecule has 26 heavy (non-hydrogen) atoms. The van der Waals surface area contributed by atoms with E-state index in [9.17, 15) is 0 Å². The molecule has 0 saturated carbocycles. The van der Waals surface area contributed by atoms with Gasteiger partial charge in [0, 0.05) is 5.56 Å². The number of nitrogens with one attached hydrogen (secondary N) is 1. The third-order valence-electron chi connectivity index (χ3n) is 5.22. The molecule has 0 aliphatic rings. The van der Waals surface area contributed by atoms with Gasteiger partial charge in [-0.15, -0.1) is 0 Å². The fourth-order valence-corrected chi connectivity index (χ4v) is 3.81. The smallest absolute Gasteiger partial charge is 0.138 e. The summed E-state index contributed by atoms with van der Waals surface area (Å²) in [7, 11) is 0. The maximum absolute atomic E-state index is 4.85. The molecule has 0 atom stereocenters. The topological polar surface area (TPSA) is 28.7 Å². The molecule has 0 saturated heterocycles. The van der Waals surface area contributed by atoms with Gasteiger partial charge in [0.25, 0.3) is 0 Å². The van der Waals surface area contributed by atoms with E-state index in [1.54, 1.807) is 0 Å². The number of benzene rings is 3. The van der Waals surface area contributed by atoms with Crippen molar-refractivity contribution >= 4 is 21.8 Å². The quantitative estimate of drug-likeness (QED) is 0.364. The SMILES string of the molecule is CCCCCCCc1c(-c2nc3ccccc3[nH]2)ccc2ccccc12. The molecule has 4 rings (SSSR count). The molecule has 0 spiro atoms. The molecule has 0 aliphatic heterocycles. The minimum Gasteiger partial charge on any atom is -0.338 e. The molecule has 4 aromatic rings. The van der Waals surface area contributed by atoms with Crippen LogP contribution < -0.4 is 0 Å². The number of imidazole rings is 1. The van der Waals surface area contributed by atoms with Gasteiger partial charge in [0.1, 0.15) is 5.82 Å². The number of hydrogen-bond acceptors (Lipinski definition) is 1. The van der Waals surface area contributed by atoms with Crippen LogP contribution in [0.25, 0.3) is 33.2 Å². The van der Waals surface area contributed by atoms with E-state index in [-0.39, 0.29) is 0 Å². The first-order valence-corrected chi connectivity index (χ1v) is 9.82. The number of H-pyrrole nitrogens is 1. The van der Waals surface area contributed by atoms with Gasteiger partial charge in [-0.2, -0.15) is 0 Å². The number of unbranched alkanes of at least 4 members (excludes halogenated alkanes) is 4. The number of rotatable bonds is 7. The summed E-state index contributed by atoms with van der Waals surface area (Å²) in [5, 5.41) is 2.68. The summed E-state index contributed by atoms with van der Waals surface area (Å²) in [6.45, 7) is 2.27. The van der Waals surface area contributed by atoms with Crippen LogP contribution in [0.1, 0.15) is 44.6 Å². The van der Waals surface area contributed by atoms with Gasteiger partial charge in [0.15, 0.2) is 0 Å². The van der Waals surface area contributed by atoms with E-state index < -0.39 is 0 Å². The third kappa shape index (κ3) is 3.37. The van der Waals surface area contributed by atoms with Gasteiger partial charge >= 0.3 is 0 Å². The molecule has 132 valence electrons. The van der Waals surface area contributed by atoms with Crippen molar-refractivity contribution in [3.05, 3.63) is 66.2 Å². The van der Waals surface area contributed by atoms with Gasteiger partial charge in [-0.3, -0.25) is 0 Å². The highest BCUT2D eigenvalue weighted by Crippen LogP contribution is 2.31. The highest BCUT2D eigenvalue weighted by Gasteiger charge is 2.13. The minimum atomic E-state index is 0.987. The lowest BCUT2D eigenvalue weighted by molar-refractivity contribution is 0.633. The number of nitrogens with zero attached hydrogens (tertiary/aromatic N) is 1. The fraction of sp³-hybridized carbons (Fsp3) is 0.292. The molecule has 1 aromatic heterocycles. The number of para-hydroxylation sites is 2. The molecule has 0 radical (unpaired) electrons. The molecular formula is C24H26N2. The van der Waals surface area contributed by atoms with E-state index in [0.29, 0.717) is 0 Å². The first-order valence-electron chi connectivity index (χ1n) is 9.82. The second-order valence-electron chi connectivity index (χ2n) is 7.08. The number of aromatic nitrogens is 2. The van der Waals surface area contributed by atoms with Gasteiger partial charge in [-0.1, -0.05) is 81.1 Å². The maximum atomic E-state index is 4.85. The van der Waals surface area contributed by atoms with Gasteiger partial charge in [-0.25, -0.2) is 4.98 Å². The second-order valence-corrected chi connectivity index (χ2v) is 7.08. The summed E-state index contributed by atoms with van der Waals surface area (Å²) in [5.41, 5.74) is 4.81. The fourth-order valence-electron chi connectivity index (χ4n) is 3.81. The summed E-state index contributed by atoms with van der Waals surface area (Å²) < 4.78 is 0. The maximum Gasteiger partial charge on any atom is 0.138 e. The highest BCUT2D eigenvalue weighted by atomic mass is 14.9. The standard InChI is InChI=1S/C24H26N2/c1-2-3-4-5-6-13-20-19-12-8-7-11-18(19)16-17-21(20)24-25-22-14-9-10-15-23(22)26-24/h7-12,14-17H,2-6,13H2,1H3,(H,25,26). The molecule has 2 nitrogen and oxygen atoms in total. The number of aromatic amines is 1. The largest absolute Gasteiger partial charge is 0.338 e. The van der Waals surface area contributed by atoms with Gasteiger partial charge in [0.2, 0.25) is 0 Å². The summed E-state index contributed by atoms with van der Waals surface area (Å²) in [6.07, 6.45) is 7.61. The Labute approximate surface area is 155 Å². The minimum absolute atomic E-state index is 0.987. The zero-order chi connectivity index (χ0) is 17.8. The van der Waals surface area contributed by atoms with Gasteiger partial charge < -0.3 is 4.98 Å². The van der Waals surface area contributed by atoms with Crippen molar-refractivity contribution in [1.29, 1.82) is 0 Å². The first-order chi connectivity index (χ1) is 12.9. The Morgan fingerprint density at radius 2 is 1.62 bits per heavy atom. The van der Waals surface area contributed by atoms with Gasteiger partial charge in [-0.05, 0) is 41.3 Å². The van der Waals surface area contributed by atoms with E-state index in [4.69, 9.17) is 4.98 Å². The summed E-state index contributed by atoms with van der Waals surface area (Å²) in [5.74, 6) is 0.987. The molecule has 2 heteroatoms. The molecule has 0 bridgehead atoms. The highest BCUT2D eigenvalue weighted by molar-refractivity contribution is 5.92. The number of aryl methyl sites for hydroxylation is 1. The van der Waals surface area contributed by atoms with E-state index >= 15 is 0 Å². The lowest BCUT2D eigenvalue weighted by atomic mass is 9.94. The Kier molecular flexibility index (Phi) is 5.01. The average Bonchev–Trinajstić information content (AvgIpc) is 3.11. The average molecular weight is 342 g/mol. The molecule has 0 fully saturated rings. The third-order valence-corrected chi connectivity index (χ3v) is 5.22. The lowest BCUT2D eigenvalue weighted by Crippen LogP contribution is -1.94. The Bertz CT molecular complexity index is 980. The first kappa shape index (κ1) is 16.8. The Hall–Kier alpha value is -2.61. The number of hydrogen-bond donors (Lipinski definition) is 1. The monoisotopic (exact) mass is 342 g/mol. The van der Waals surface area contributed by atoms with Crippen LogP contribution >= 0.6 is 0 Å². The predicted octanol–water partition coefficient (Wildman–Crippen LogP) is 6.90. The van der Waals surface area contributed by atoms with Crippen LogP contribution in [0.5, 0.6) is 0 Å². The Morgan fingerprint density at radius 3 is 2.50 bits per heavy atom. The summed E-state index contributed by atoms with van der Waals surface area (Å²) in [4.78, 5) is 8.37. The zero-order valence-electron chi connectivity index (χ0n) is 15.5. The van der Waals surface area contributed by atoms with Crippen LogP contribution in [0.4, 0.5) is 0 Å². The predicted molar refractivity (Wildman–Crippen MR) is 111 cm³/mol. The molecule has 3 aromatic carbocycles. The van der Waals surface area contributed by atoms with Crippen molar-refractivity contribution in [2.75, 3.05) is 0 Å². The van der Waals surface area contributed by atoms with E-state index in [1.807, 2.05) is 6.07 Å². The molecule has 0 amide bonds. The van der Waals surface area contributed by atoms with Crippen LogP contribution in [0.3, 0.4) is 0 Å². The molecular weight excluding hydrogens is 316 g/mol. The Morgan fingerprint density at radius 1 is 0.808 bits per heavy atom. The molecule has 1 N–H and O–H groups in total. The van der Waals surface area contributed by atoms with Crippen molar-refractivity contribution in [3.8, 4) is 11.4 Å².